The lowest BCUT2D eigenvalue weighted by molar-refractivity contribution is -0.122. The van der Waals surface area contributed by atoms with Crippen LogP contribution >= 0.6 is 15.9 Å². The second-order valence-electron chi connectivity index (χ2n) is 3.03. The maximum absolute atomic E-state index is 12.9. The van der Waals surface area contributed by atoms with E-state index in [0.717, 1.165) is 6.07 Å². The minimum Gasteiger partial charge on any atom is -0.480 e. The molecule has 0 heterocycles. The Balaban J connectivity index is 2.64. The molecule has 1 aromatic carbocycles. The average Bonchev–Trinajstić information content (AvgIpc) is 2.24. The first-order chi connectivity index (χ1) is 8.04. The highest BCUT2D eigenvalue weighted by Gasteiger charge is 2.10. The van der Waals surface area contributed by atoms with Crippen LogP contribution in [0.5, 0.6) is 5.75 Å². The van der Waals surface area contributed by atoms with Crippen LogP contribution < -0.4 is 15.8 Å². The van der Waals surface area contributed by atoms with Gasteiger partial charge in [-0.05, 0) is 22.0 Å². The smallest absolute Gasteiger partial charge is 0.258 e. The highest BCUT2D eigenvalue weighted by atomic mass is 79.9. The summed E-state index contributed by atoms with van der Waals surface area (Å²) in [6, 6.07) is 4.03. The van der Waals surface area contributed by atoms with E-state index < -0.39 is 11.7 Å². The van der Waals surface area contributed by atoms with E-state index >= 15 is 0 Å². The molecule has 0 aliphatic heterocycles. The summed E-state index contributed by atoms with van der Waals surface area (Å²) in [4.78, 5) is 11.1. The highest BCUT2D eigenvalue weighted by molar-refractivity contribution is 9.10. The van der Waals surface area contributed by atoms with Crippen molar-refractivity contribution in [1.82, 2.24) is 5.32 Å². The van der Waals surface area contributed by atoms with Crippen LogP contribution in [0.15, 0.2) is 16.6 Å². The normalized spacial score (nSPS) is 9.47. The third kappa shape index (κ3) is 3.92. The molecular weight excluding hydrogens is 293 g/mol. The molecule has 0 radical (unpaired) electrons. The number of nitrogens with two attached hydrogens (primary N) is 1. The molecule has 5 nitrogen and oxygen atoms in total. The first-order valence-electron chi connectivity index (χ1n) is 4.55. The number of halogens is 2. The van der Waals surface area contributed by atoms with Crippen LogP contribution in [-0.4, -0.2) is 19.1 Å². The minimum absolute atomic E-state index is 0.0879. The SMILES string of the molecule is N#CCNC(=O)COc1c(N)cc(F)cc1Br. The zero-order valence-electron chi connectivity index (χ0n) is 8.67. The number of benzene rings is 1. The van der Waals surface area contributed by atoms with E-state index in [-0.39, 0.29) is 24.6 Å². The minimum atomic E-state index is -0.504. The molecule has 0 saturated carbocycles. The van der Waals surface area contributed by atoms with Gasteiger partial charge in [0.1, 0.15) is 12.4 Å². The molecule has 0 bridgehead atoms. The predicted molar refractivity (Wildman–Crippen MR) is 62.6 cm³/mol. The van der Waals surface area contributed by atoms with Crippen molar-refractivity contribution in [2.45, 2.75) is 0 Å². The van der Waals surface area contributed by atoms with Crippen LogP contribution in [0.4, 0.5) is 10.1 Å². The lowest BCUT2D eigenvalue weighted by atomic mass is 10.3. The number of hydrogen-bond acceptors (Lipinski definition) is 4. The van der Waals surface area contributed by atoms with Gasteiger partial charge in [-0.25, -0.2) is 4.39 Å². The number of ether oxygens (including phenoxy) is 1. The number of nitriles is 1. The van der Waals surface area contributed by atoms with Crippen LogP contribution in [0.25, 0.3) is 0 Å². The van der Waals surface area contributed by atoms with Crippen molar-refractivity contribution < 1.29 is 13.9 Å². The fourth-order valence-corrected chi connectivity index (χ4v) is 1.62. The van der Waals surface area contributed by atoms with E-state index in [1.54, 1.807) is 6.07 Å². The lowest BCUT2D eigenvalue weighted by Gasteiger charge is -2.10. The van der Waals surface area contributed by atoms with Crippen LogP contribution in [0.3, 0.4) is 0 Å². The van der Waals surface area contributed by atoms with Crippen LogP contribution in [-0.2, 0) is 4.79 Å². The molecule has 7 heteroatoms. The van der Waals surface area contributed by atoms with Gasteiger partial charge < -0.3 is 15.8 Å². The molecule has 0 saturated heterocycles. The Morgan fingerprint density at radius 3 is 2.94 bits per heavy atom. The lowest BCUT2D eigenvalue weighted by Crippen LogP contribution is -2.29. The molecule has 0 aliphatic rings. The number of nitrogen functional groups attached to an aromatic ring is 1. The van der Waals surface area contributed by atoms with Crippen molar-refractivity contribution in [2.24, 2.45) is 0 Å². The summed E-state index contributed by atoms with van der Waals surface area (Å²) < 4.78 is 18.3. The Kier molecular flexibility index (Phi) is 4.72. The zero-order valence-corrected chi connectivity index (χ0v) is 10.3. The number of amides is 1. The van der Waals surface area contributed by atoms with E-state index in [0.29, 0.717) is 4.47 Å². The van der Waals surface area contributed by atoms with E-state index in [1.165, 1.54) is 6.07 Å². The van der Waals surface area contributed by atoms with Crippen molar-refractivity contribution in [1.29, 1.82) is 5.26 Å². The highest BCUT2D eigenvalue weighted by Crippen LogP contribution is 2.32. The number of nitrogens with one attached hydrogen (secondary N) is 1. The Morgan fingerprint density at radius 2 is 2.35 bits per heavy atom. The summed E-state index contributed by atoms with van der Waals surface area (Å²) in [5.41, 5.74) is 5.62. The molecule has 1 amide bonds. The van der Waals surface area contributed by atoms with Gasteiger partial charge in [-0.15, -0.1) is 0 Å². The molecule has 1 aromatic rings. The first kappa shape index (κ1) is 13.3. The number of anilines is 1. The molecular formula is C10H9BrFN3O2. The van der Waals surface area contributed by atoms with Gasteiger partial charge in [0.2, 0.25) is 0 Å². The monoisotopic (exact) mass is 301 g/mol. The summed E-state index contributed by atoms with van der Waals surface area (Å²) in [7, 11) is 0. The van der Waals surface area contributed by atoms with Gasteiger partial charge >= 0.3 is 0 Å². The van der Waals surface area contributed by atoms with E-state index in [9.17, 15) is 9.18 Å². The van der Waals surface area contributed by atoms with Gasteiger partial charge in [0, 0.05) is 6.07 Å². The number of hydrogen-bond donors (Lipinski definition) is 2. The molecule has 3 N–H and O–H groups in total. The number of carbonyl (C=O) groups excluding carboxylic acids is 1. The molecule has 1 rings (SSSR count). The molecule has 0 aliphatic carbocycles. The summed E-state index contributed by atoms with van der Waals surface area (Å²) in [6.45, 7) is -0.391. The quantitative estimate of drug-likeness (QED) is 0.646. The van der Waals surface area contributed by atoms with Gasteiger partial charge in [0.25, 0.3) is 5.91 Å². The summed E-state index contributed by atoms with van der Waals surface area (Å²) >= 11 is 3.07. The Hall–Kier alpha value is -1.81. The number of carbonyl (C=O) groups is 1. The third-order valence-corrected chi connectivity index (χ3v) is 2.34. The number of nitrogens with zero attached hydrogens (tertiary/aromatic N) is 1. The molecule has 0 spiro atoms. The molecule has 0 unspecified atom stereocenters. The van der Waals surface area contributed by atoms with E-state index in [4.69, 9.17) is 15.7 Å². The summed E-state index contributed by atoms with van der Waals surface area (Å²) in [5.74, 6) is -0.767. The Bertz CT molecular complexity index is 450. The maximum Gasteiger partial charge on any atom is 0.258 e. The summed E-state index contributed by atoms with van der Waals surface area (Å²) in [5, 5.41) is 10.5. The third-order valence-electron chi connectivity index (χ3n) is 1.75. The largest absolute Gasteiger partial charge is 0.480 e. The number of rotatable bonds is 4. The maximum atomic E-state index is 12.9. The summed E-state index contributed by atoms with van der Waals surface area (Å²) in [6.07, 6.45) is 0. The van der Waals surface area contributed by atoms with Crippen molar-refractivity contribution in [2.75, 3.05) is 18.9 Å². The standard InChI is InChI=1S/C10H9BrFN3O2/c11-7-3-6(12)4-8(14)10(7)17-5-9(16)15-2-1-13/h3-4H,2,5,14H2,(H,15,16). The topological polar surface area (TPSA) is 88.1 Å². The molecule has 17 heavy (non-hydrogen) atoms. The van der Waals surface area contributed by atoms with Crippen molar-refractivity contribution in [3.8, 4) is 11.8 Å². The van der Waals surface area contributed by atoms with E-state index in [2.05, 4.69) is 21.2 Å². The van der Waals surface area contributed by atoms with Gasteiger partial charge in [0.15, 0.2) is 12.4 Å². The molecule has 0 atom stereocenters. The van der Waals surface area contributed by atoms with Crippen LogP contribution in [0.2, 0.25) is 0 Å². The van der Waals surface area contributed by atoms with Gasteiger partial charge in [-0.3, -0.25) is 4.79 Å². The Labute approximate surface area is 105 Å². The molecule has 90 valence electrons. The van der Waals surface area contributed by atoms with Crippen LogP contribution in [0.1, 0.15) is 0 Å². The van der Waals surface area contributed by atoms with Gasteiger partial charge in [-0.2, -0.15) is 5.26 Å². The van der Waals surface area contributed by atoms with Crippen LogP contribution in [0, 0.1) is 17.1 Å². The van der Waals surface area contributed by atoms with Gasteiger partial charge in [0.05, 0.1) is 16.2 Å². The van der Waals surface area contributed by atoms with Crippen molar-refractivity contribution in [3.63, 3.8) is 0 Å². The van der Waals surface area contributed by atoms with Crippen molar-refractivity contribution in [3.05, 3.63) is 22.4 Å². The zero-order chi connectivity index (χ0) is 12.8. The molecule has 0 aromatic heterocycles. The average molecular weight is 302 g/mol. The Morgan fingerprint density at radius 1 is 1.65 bits per heavy atom. The first-order valence-corrected chi connectivity index (χ1v) is 5.35. The molecule has 0 fully saturated rings. The van der Waals surface area contributed by atoms with Gasteiger partial charge in [-0.1, -0.05) is 0 Å². The fourth-order valence-electron chi connectivity index (χ4n) is 1.06. The second-order valence-corrected chi connectivity index (χ2v) is 3.88. The predicted octanol–water partition coefficient (Wildman–Crippen LogP) is 1.19. The fraction of sp³-hybridized carbons (Fsp3) is 0.200. The second kappa shape index (κ2) is 6.06. The van der Waals surface area contributed by atoms with Crippen molar-refractivity contribution >= 4 is 27.5 Å². The van der Waals surface area contributed by atoms with E-state index in [1.807, 2.05) is 0 Å².